The zero-order valence-corrected chi connectivity index (χ0v) is 16.2. The van der Waals surface area contributed by atoms with Crippen molar-refractivity contribution in [3.63, 3.8) is 0 Å². The van der Waals surface area contributed by atoms with Crippen molar-refractivity contribution in [2.45, 2.75) is 46.1 Å². The van der Waals surface area contributed by atoms with Crippen LogP contribution in [0.25, 0.3) is 6.08 Å². The molecular weight excluding hydrogens is 336 g/mol. The van der Waals surface area contributed by atoms with Crippen LogP contribution in [0.1, 0.15) is 42.5 Å². The van der Waals surface area contributed by atoms with Crippen LogP contribution in [-0.4, -0.2) is 11.5 Å². The fraction of sp³-hybridized carbons (Fsp3) is 0.304. The number of anilines is 1. The molecule has 0 aromatic heterocycles. The summed E-state index contributed by atoms with van der Waals surface area (Å²) in [6.45, 7) is 8.09. The summed E-state index contributed by atoms with van der Waals surface area (Å²) in [5, 5.41) is 12.3. The van der Waals surface area contributed by atoms with Crippen LogP contribution in [-0.2, 0) is 11.2 Å². The number of hydrogen-bond acceptors (Lipinski definition) is 3. The molecule has 0 unspecified atom stereocenters. The van der Waals surface area contributed by atoms with Gasteiger partial charge in [0.1, 0.15) is 23.0 Å². The SMILES string of the molecule is Cc1ccc(NC(=O)/C(C#N)=C/c2ccc3c(c2)CCC(C)(C)O3)c(C)c1. The Morgan fingerprint density at radius 3 is 2.70 bits per heavy atom. The molecule has 0 fully saturated rings. The minimum absolute atomic E-state index is 0.0759. The molecule has 1 amide bonds. The van der Waals surface area contributed by atoms with Gasteiger partial charge in [-0.15, -0.1) is 0 Å². The molecule has 0 aliphatic carbocycles. The Hall–Kier alpha value is -3.06. The van der Waals surface area contributed by atoms with E-state index in [1.807, 2.05) is 56.3 Å². The molecule has 0 saturated carbocycles. The minimum Gasteiger partial charge on any atom is -0.488 e. The molecule has 0 atom stereocenters. The third-order valence-electron chi connectivity index (χ3n) is 4.77. The Morgan fingerprint density at radius 1 is 1.22 bits per heavy atom. The summed E-state index contributed by atoms with van der Waals surface area (Å²) in [6.07, 6.45) is 3.48. The molecule has 3 rings (SSSR count). The van der Waals surface area contributed by atoms with Crippen molar-refractivity contribution >= 4 is 17.7 Å². The van der Waals surface area contributed by atoms with Crippen molar-refractivity contribution < 1.29 is 9.53 Å². The van der Waals surface area contributed by atoms with Crippen LogP contribution in [0.3, 0.4) is 0 Å². The molecule has 0 saturated heterocycles. The van der Waals surface area contributed by atoms with E-state index in [1.54, 1.807) is 6.08 Å². The number of carbonyl (C=O) groups excluding carboxylic acids is 1. The second-order valence-corrected chi connectivity index (χ2v) is 7.67. The Labute approximate surface area is 160 Å². The smallest absolute Gasteiger partial charge is 0.266 e. The number of carbonyl (C=O) groups is 1. The first-order chi connectivity index (χ1) is 12.8. The molecular formula is C23H24N2O2. The van der Waals surface area contributed by atoms with Gasteiger partial charge in [0.25, 0.3) is 5.91 Å². The van der Waals surface area contributed by atoms with Crippen molar-refractivity contribution in [3.05, 3.63) is 64.2 Å². The number of ether oxygens (including phenoxy) is 1. The van der Waals surface area contributed by atoms with E-state index in [-0.39, 0.29) is 11.2 Å². The zero-order valence-electron chi connectivity index (χ0n) is 16.2. The molecule has 138 valence electrons. The first-order valence-corrected chi connectivity index (χ1v) is 9.10. The van der Waals surface area contributed by atoms with E-state index in [4.69, 9.17) is 4.74 Å². The molecule has 1 aliphatic rings. The van der Waals surface area contributed by atoms with Gasteiger partial charge in [-0.3, -0.25) is 4.79 Å². The fourth-order valence-corrected chi connectivity index (χ4v) is 3.23. The number of nitriles is 1. The molecule has 1 N–H and O–H groups in total. The lowest BCUT2D eigenvalue weighted by Gasteiger charge is -2.32. The van der Waals surface area contributed by atoms with Crippen molar-refractivity contribution in [3.8, 4) is 11.8 Å². The monoisotopic (exact) mass is 360 g/mol. The molecule has 4 heteroatoms. The van der Waals surface area contributed by atoms with Gasteiger partial charge in [-0.1, -0.05) is 23.8 Å². The summed E-state index contributed by atoms with van der Waals surface area (Å²) < 4.78 is 5.99. The van der Waals surface area contributed by atoms with Gasteiger partial charge in [-0.2, -0.15) is 5.26 Å². The van der Waals surface area contributed by atoms with E-state index >= 15 is 0 Å². The quantitative estimate of drug-likeness (QED) is 0.622. The second-order valence-electron chi connectivity index (χ2n) is 7.67. The number of aryl methyl sites for hydroxylation is 3. The molecule has 1 aliphatic heterocycles. The lowest BCUT2D eigenvalue weighted by Crippen LogP contribution is -2.32. The van der Waals surface area contributed by atoms with Crippen LogP contribution >= 0.6 is 0 Å². The predicted octanol–water partition coefficient (Wildman–Crippen LogP) is 4.95. The summed E-state index contributed by atoms with van der Waals surface area (Å²) in [7, 11) is 0. The third-order valence-corrected chi connectivity index (χ3v) is 4.77. The number of nitrogens with one attached hydrogen (secondary N) is 1. The molecule has 0 spiro atoms. The van der Waals surface area contributed by atoms with Crippen LogP contribution in [0, 0.1) is 25.2 Å². The van der Waals surface area contributed by atoms with Crippen LogP contribution in [0.15, 0.2) is 42.0 Å². The standard InChI is InChI=1S/C23H24N2O2/c1-15-5-7-20(16(2)11-15)25-22(26)19(14-24)13-17-6-8-21-18(12-17)9-10-23(3,4)27-21/h5-8,11-13H,9-10H2,1-4H3,(H,25,26)/b19-13+. The Bertz CT molecular complexity index is 965. The number of amides is 1. The lowest BCUT2D eigenvalue weighted by molar-refractivity contribution is -0.112. The highest BCUT2D eigenvalue weighted by Gasteiger charge is 2.26. The highest BCUT2D eigenvalue weighted by molar-refractivity contribution is 6.10. The molecule has 27 heavy (non-hydrogen) atoms. The minimum atomic E-state index is -0.403. The predicted molar refractivity (Wildman–Crippen MR) is 108 cm³/mol. The maximum atomic E-state index is 12.5. The molecule has 0 bridgehead atoms. The molecule has 2 aromatic carbocycles. The van der Waals surface area contributed by atoms with E-state index in [0.717, 1.165) is 40.8 Å². The number of rotatable bonds is 3. The highest BCUT2D eigenvalue weighted by Crippen LogP contribution is 2.33. The average molecular weight is 360 g/mol. The van der Waals surface area contributed by atoms with E-state index in [2.05, 4.69) is 19.2 Å². The summed E-state index contributed by atoms with van der Waals surface area (Å²) >= 11 is 0. The molecule has 1 heterocycles. The molecule has 0 radical (unpaired) electrons. The number of benzene rings is 2. The van der Waals surface area contributed by atoms with Gasteiger partial charge in [0.2, 0.25) is 0 Å². The van der Waals surface area contributed by atoms with Gasteiger partial charge in [0.05, 0.1) is 0 Å². The van der Waals surface area contributed by atoms with Gasteiger partial charge >= 0.3 is 0 Å². The Kier molecular flexibility index (Phi) is 5.05. The van der Waals surface area contributed by atoms with Gasteiger partial charge in [-0.05, 0) is 81.5 Å². The number of fused-ring (bicyclic) bond motifs is 1. The van der Waals surface area contributed by atoms with Gasteiger partial charge in [-0.25, -0.2) is 0 Å². The third kappa shape index (κ3) is 4.38. The maximum Gasteiger partial charge on any atom is 0.266 e. The van der Waals surface area contributed by atoms with Crippen molar-refractivity contribution in [2.24, 2.45) is 0 Å². The first kappa shape index (κ1) is 18.7. The van der Waals surface area contributed by atoms with Gasteiger partial charge < -0.3 is 10.1 Å². The van der Waals surface area contributed by atoms with Crippen molar-refractivity contribution in [1.82, 2.24) is 0 Å². The highest BCUT2D eigenvalue weighted by atomic mass is 16.5. The van der Waals surface area contributed by atoms with Gasteiger partial charge in [0.15, 0.2) is 0 Å². The van der Waals surface area contributed by atoms with Crippen molar-refractivity contribution in [1.29, 1.82) is 5.26 Å². The van der Waals surface area contributed by atoms with Gasteiger partial charge in [0, 0.05) is 5.69 Å². The summed E-state index contributed by atoms with van der Waals surface area (Å²) in [6, 6.07) is 13.6. The summed E-state index contributed by atoms with van der Waals surface area (Å²) in [5.41, 5.74) is 4.66. The van der Waals surface area contributed by atoms with Crippen molar-refractivity contribution in [2.75, 3.05) is 5.32 Å². The summed E-state index contributed by atoms with van der Waals surface area (Å²) in [5.74, 6) is 0.473. The first-order valence-electron chi connectivity index (χ1n) is 9.10. The number of hydrogen-bond donors (Lipinski definition) is 1. The fourth-order valence-electron chi connectivity index (χ4n) is 3.23. The van der Waals surface area contributed by atoms with E-state index < -0.39 is 5.91 Å². The van der Waals surface area contributed by atoms with E-state index in [1.165, 1.54) is 0 Å². The van der Waals surface area contributed by atoms with Crippen LogP contribution < -0.4 is 10.1 Å². The Morgan fingerprint density at radius 2 is 2.00 bits per heavy atom. The second kappa shape index (κ2) is 7.28. The van der Waals surface area contributed by atoms with Crippen LogP contribution in [0.4, 0.5) is 5.69 Å². The largest absolute Gasteiger partial charge is 0.488 e. The zero-order chi connectivity index (χ0) is 19.6. The van der Waals surface area contributed by atoms with E-state index in [0.29, 0.717) is 5.69 Å². The van der Waals surface area contributed by atoms with Crippen LogP contribution in [0.2, 0.25) is 0 Å². The Balaban J connectivity index is 1.82. The lowest BCUT2D eigenvalue weighted by atomic mass is 9.93. The topological polar surface area (TPSA) is 62.1 Å². The molecule has 2 aromatic rings. The van der Waals surface area contributed by atoms with E-state index in [9.17, 15) is 10.1 Å². The van der Waals surface area contributed by atoms with Crippen LogP contribution in [0.5, 0.6) is 5.75 Å². The number of nitrogens with zero attached hydrogens (tertiary/aromatic N) is 1. The average Bonchev–Trinajstić information content (AvgIpc) is 2.61. The normalized spacial score (nSPS) is 15.3. The molecule has 4 nitrogen and oxygen atoms in total. The maximum absolute atomic E-state index is 12.5. The summed E-state index contributed by atoms with van der Waals surface area (Å²) in [4.78, 5) is 12.5.